The minimum absolute atomic E-state index is 0.498. The number of anilines is 1. The zero-order valence-electron chi connectivity index (χ0n) is 8.11. The third-order valence-electron chi connectivity index (χ3n) is 1.97. The second-order valence-corrected chi connectivity index (χ2v) is 3.49. The average molecular weight is 223 g/mol. The molecule has 0 amide bonds. The second-order valence-electron chi connectivity index (χ2n) is 3.10. The summed E-state index contributed by atoms with van der Waals surface area (Å²) in [6, 6.07) is 9.33. The fourth-order valence-corrected chi connectivity index (χ4v) is 1.44. The Morgan fingerprint density at radius 3 is 2.93 bits per heavy atom. The first-order chi connectivity index (χ1) is 7.34. The molecule has 15 heavy (non-hydrogen) atoms. The van der Waals surface area contributed by atoms with Crippen molar-refractivity contribution >= 4 is 17.4 Å². The highest BCUT2D eigenvalue weighted by atomic mass is 35.5. The maximum absolute atomic E-state index is 5.75. The van der Waals surface area contributed by atoms with Crippen molar-refractivity contribution in [3.8, 4) is 0 Å². The number of furan rings is 1. The summed E-state index contributed by atoms with van der Waals surface area (Å²) in [5.74, 6) is 1.75. The molecule has 0 fully saturated rings. The lowest BCUT2D eigenvalue weighted by Gasteiger charge is -2.03. The molecular weight excluding hydrogens is 212 g/mol. The fourth-order valence-electron chi connectivity index (χ4n) is 1.28. The molecule has 0 bridgehead atoms. The van der Waals surface area contributed by atoms with Gasteiger partial charge in [-0.15, -0.1) is 0 Å². The lowest BCUT2D eigenvalue weighted by molar-refractivity contribution is 0.513. The molecule has 0 saturated heterocycles. The molecule has 0 atom stereocenters. The molecule has 0 spiro atoms. The normalized spacial score (nSPS) is 10.2. The summed E-state index contributed by atoms with van der Waals surface area (Å²) >= 11 is 5.75. The molecule has 1 N–H and O–H groups in total. The van der Waals surface area contributed by atoms with Crippen LogP contribution in [-0.4, -0.2) is 11.5 Å². The number of pyridine rings is 1. The van der Waals surface area contributed by atoms with Crippen LogP contribution in [0, 0.1) is 0 Å². The Hall–Kier alpha value is -1.48. The van der Waals surface area contributed by atoms with Crippen LogP contribution in [0.25, 0.3) is 0 Å². The average Bonchev–Trinajstić information content (AvgIpc) is 2.71. The maximum Gasteiger partial charge on any atom is 0.131 e. The molecule has 0 aliphatic heterocycles. The van der Waals surface area contributed by atoms with E-state index in [2.05, 4.69) is 10.3 Å². The number of hydrogen-bond donors (Lipinski definition) is 1. The highest BCUT2D eigenvalue weighted by Crippen LogP contribution is 2.09. The fraction of sp³-hybridized carbons (Fsp3) is 0.182. The lowest BCUT2D eigenvalue weighted by atomic mass is 10.3. The third-order valence-corrected chi connectivity index (χ3v) is 2.18. The predicted octanol–water partition coefficient (Wildman–Crippen LogP) is 2.98. The molecule has 0 aliphatic carbocycles. The van der Waals surface area contributed by atoms with E-state index in [0.29, 0.717) is 5.15 Å². The van der Waals surface area contributed by atoms with E-state index in [4.69, 9.17) is 16.0 Å². The van der Waals surface area contributed by atoms with Gasteiger partial charge >= 0.3 is 0 Å². The van der Waals surface area contributed by atoms with Crippen molar-refractivity contribution in [2.75, 3.05) is 11.9 Å². The van der Waals surface area contributed by atoms with E-state index in [9.17, 15) is 0 Å². The van der Waals surface area contributed by atoms with Crippen LogP contribution in [0.2, 0.25) is 5.15 Å². The molecule has 0 aromatic carbocycles. The lowest BCUT2D eigenvalue weighted by Crippen LogP contribution is -2.05. The van der Waals surface area contributed by atoms with Gasteiger partial charge in [-0.05, 0) is 24.3 Å². The van der Waals surface area contributed by atoms with E-state index in [1.807, 2.05) is 24.3 Å². The quantitative estimate of drug-likeness (QED) is 0.809. The molecular formula is C11H11ClN2O. The van der Waals surface area contributed by atoms with E-state index >= 15 is 0 Å². The Balaban J connectivity index is 1.83. The number of aromatic nitrogens is 1. The van der Waals surface area contributed by atoms with Crippen LogP contribution < -0.4 is 5.32 Å². The van der Waals surface area contributed by atoms with Crippen molar-refractivity contribution in [1.29, 1.82) is 0 Å². The third kappa shape index (κ3) is 2.99. The number of rotatable bonds is 4. The number of nitrogens with one attached hydrogen (secondary N) is 1. The van der Waals surface area contributed by atoms with Crippen LogP contribution in [0.5, 0.6) is 0 Å². The zero-order valence-corrected chi connectivity index (χ0v) is 8.87. The Morgan fingerprint density at radius 2 is 2.20 bits per heavy atom. The van der Waals surface area contributed by atoms with Crippen molar-refractivity contribution in [3.05, 3.63) is 47.5 Å². The van der Waals surface area contributed by atoms with E-state index in [1.54, 1.807) is 12.3 Å². The molecule has 0 unspecified atom stereocenters. The Kier molecular flexibility index (Phi) is 3.25. The summed E-state index contributed by atoms with van der Waals surface area (Å²) in [7, 11) is 0. The summed E-state index contributed by atoms with van der Waals surface area (Å²) in [5.41, 5.74) is 0. The smallest absolute Gasteiger partial charge is 0.131 e. The summed E-state index contributed by atoms with van der Waals surface area (Å²) < 4.78 is 5.21. The summed E-state index contributed by atoms with van der Waals surface area (Å²) in [6.07, 6.45) is 2.51. The number of hydrogen-bond acceptors (Lipinski definition) is 3. The van der Waals surface area contributed by atoms with Gasteiger partial charge in [0.25, 0.3) is 0 Å². The molecule has 3 nitrogen and oxygen atoms in total. The van der Waals surface area contributed by atoms with Crippen LogP contribution >= 0.6 is 11.6 Å². The molecule has 2 aromatic rings. The SMILES string of the molecule is Clc1cccc(NCCc2ccco2)n1. The molecule has 0 saturated carbocycles. The Morgan fingerprint density at radius 1 is 1.27 bits per heavy atom. The Labute approximate surface area is 93.1 Å². The van der Waals surface area contributed by atoms with Gasteiger partial charge in [-0.1, -0.05) is 17.7 Å². The molecule has 2 rings (SSSR count). The predicted molar refractivity (Wildman–Crippen MR) is 60.1 cm³/mol. The van der Waals surface area contributed by atoms with Gasteiger partial charge in [0.05, 0.1) is 6.26 Å². The monoisotopic (exact) mass is 222 g/mol. The highest BCUT2D eigenvalue weighted by Gasteiger charge is 1.97. The van der Waals surface area contributed by atoms with Crippen molar-refractivity contribution in [2.45, 2.75) is 6.42 Å². The van der Waals surface area contributed by atoms with Gasteiger partial charge in [0.2, 0.25) is 0 Å². The summed E-state index contributed by atoms with van der Waals surface area (Å²) in [6.45, 7) is 0.779. The molecule has 78 valence electrons. The summed E-state index contributed by atoms with van der Waals surface area (Å²) in [5, 5.41) is 3.67. The first kappa shape index (κ1) is 10.1. The first-order valence-corrected chi connectivity index (χ1v) is 5.11. The highest BCUT2D eigenvalue weighted by molar-refractivity contribution is 6.29. The Bertz CT molecular complexity index is 414. The molecule has 4 heteroatoms. The van der Waals surface area contributed by atoms with E-state index in [-0.39, 0.29) is 0 Å². The largest absolute Gasteiger partial charge is 0.469 e. The van der Waals surface area contributed by atoms with Crippen molar-refractivity contribution in [1.82, 2.24) is 4.98 Å². The van der Waals surface area contributed by atoms with Crippen LogP contribution in [0.4, 0.5) is 5.82 Å². The molecule has 2 aromatic heterocycles. The first-order valence-electron chi connectivity index (χ1n) is 4.73. The topological polar surface area (TPSA) is 38.1 Å². The minimum atomic E-state index is 0.498. The second kappa shape index (κ2) is 4.84. The molecule has 2 heterocycles. The number of halogens is 1. The zero-order chi connectivity index (χ0) is 10.5. The van der Waals surface area contributed by atoms with Crippen molar-refractivity contribution in [2.24, 2.45) is 0 Å². The van der Waals surface area contributed by atoms with Gasteiger partial charge in [-0.25, -0.2) is 4.98 Å². The van der Waals surface area contributed by atoms with Gasteiger partial charge in [0.15, 0.2) is 0 Å². The van der Waals surface area contributed by atoms with Gasteiger partial charge < -0.3 is 9.73 Å². The van der Waals surface area contributed by atoms with E-state index in [1.165, 1.54) is 0 Å². The standard InChI is InChI=1S/C11H11ClN2O/c12-10-4-1-5-11(14-10)13-7-6-9-3-2-8-15-9/h1-5,8H,6-7H2,(H,13,14). The molecule has 0 radical (unpaired) electrons. The van der Waals surface area contributed by atoms with Gasteiger partial charge in [0, 0.05) is 13.0 Å². The van der Waals surface area contributed by atoms with E-state index < -0.39 is 0 Å². The van der Waals surface area contributed by atoms with Crippen molar-refractivity contribution in [3.63, 3.8) is 0 Å². The van der Waals surface area contributed by atoms with Crippen LogP contribution in [0.3, 0.4) is 0 Å². The maximum atomic E-state index is 5.75. The van der Waals surface area contributed by atoms with Crippen molar-refractivity contribution < 1.29 is 4.42 Å². The van der Waals surface area contributed by atoms with Gasteiger partial charge in [-0.3, -0.25) is 0 Å². The minimum Gasteiger partial charge on any atom is -0.469 e. The van der Waals surface area contributed by atoms with Crippen LogP contribution in [-0.2, 0) is 6.42 Å². The molecule has 0 aliphatic rings. The van der Waals surface area contributed by atoms with E-state index in [0.717, 1.165) is 24.5 Å². The van der Waals surface area contributed by atoms with Crippen LogP contribution in [0.15, 0.2) is 41.0 Å². The van der Waals surface area contributed by atoms with Gasteiger partial charge in [0.1, 0.15) is 16.7 Å². The number of nitrogens with zero attached hydrogens (tertiary/aromatic N) is 1. The van der Waals surface area contributed by atoms with Gasteiger partial charge in [-0.2, -0.15) is 0 Å². The summed E-state index contributed by atoms with van der Waals surface area (Å²) in [4.78, 5) is 4.12. The van der Waals surface area contributed by atoms with Crippen LogP contribution in [0.1, 0.15) is 5.76 Å².